The van der Waals surface area contributed by atoms with Gasteiger partial charge in [-0.3, -0.25) is 4.79 Å². The van der Waals surface area contributed by atoms with Crippen molar-refractivity contribution in [1.82, 2.24) is 9.88 Å². The van der Waals surface area contributed by atoms with E-state index >= 15 is 0 Å². The van der Waals surface area contributed by atoms with Crippen LogP contribution in [0.2, 0.25) is 0 Å². The van der Waals surface area contributed by atoms with Gasteiger partial charge in [0.2, 0.25) is 0 Å². The lowest BCUT2D eigenvalue weighted by atomic mass is 9.50. The van der Waals surface area contributed by atoms with Crippen LogP contribution in [0.3, 0.4) is 0 Å². The summed E-state index contributed by atoms with van der Waals surface area (Å²) in [6, 6.07) is 9.35. The van der Waals surface area contributed by atoms with Crippen molar-refractivity contribution in [2.45, 2.75) is 51.4 Å². The van der Waals surface area contributed by atoms with Crippen LogP contribution in [0.5, 0.6) is 0 Å². The molecule has 0 saturated heterocycles. The van der Waals surface area contributed by atoms with Crippen molar-refractivity contribution in [1.29, 1.82) is 0 Å². The molecule has 2 fully saturated rings. The van der Waals surface area contributed by atoms with Crippen molar-refractivity contribution in [2.75, 3.05) is 0 Å². The molecular formula is C25H24F4N2O. The number of benzene rings is 2. The normalized spacial score (nSPS) is 24.9. The highest BCUT2D eigenvalue weighted by molar-refractivity contribution is 6.06. The molecule has 0 bridgehead atoms. The first-order valence-corrected chi connectivity index (χ1v) is 10.9. The summed E-state index contributed by atoms with van der Waals surface area (Å²) in [5.41, 5.74) is 1.17. The third kappa shape index (κ3) is 3.78. The number of hydrogen-bond acceptors (Lipinski definition) is 1. The van der Waals surface area contributed by atoms with E-state index in [1.165, 1.54) is 37.1 Å². The zero-order valence-corrected chi connectivity index (χ0v) is 17.7. The molecule has 1 heterocycles. The number of aromatic nitrogens is 1. The van der Waals surface area contributed by atoms with Crippen LogP contribution in [-0.4, -0.2) is 16.5 Å². The number of carbonyl (C=O) groups excluding carboxylic acids is 1. The maximum absolute atomic E-state index is 14.2. The Balaban J connectivity index is 1.37. The summed E-state index contributed by atoms with van der Waals surface area (Å²) < 4.78 is 54.5. The second-order valence-corrected chi connectivity index (χ2v) is 9.62. The SMILES string of the molecule is CC1CC2(C1)CC(NC(=O)c1cc(F)cc3ccn(Cc4ccc(C(F)(F)F)cc4)c13)C2. The molecule has 1 amide bonds. The van der Waals surface area contributed by atoms with Gasteiger partial charge < -0.3 is 9.88 Å². The summed E-state index contributed by atoms with van der Waals surface area (Å²) in [6.45, 7) is 2.52. The topological polar surface area (TPSA) is 34.0 Å². The molecule has 0 aliphatic heterocycles. The van der Waals surface area contributed by atoms with E-state index in [1.807, 2.05) is 0 Å². The standard InChI is InChI=1S/C25H24F4N2O/c1-15-10-24(11-15)12-20(13-24)30-23(32)21-9-19(26)8-17-6-7-31(22(17)21)14-16-2-4-18(5-3-16)25(27,28)29/h2-9,15,20H,10-14H2,1H3,(H,30,32). The summed E-state index contributed by atoms with van der Waals surface area (Å²) in [7, 11) is 0. The molecule has 168 valence electrons. The Labute approximate surface area is 183 Å². The van der Waals surface area contributed by atoms with Gasteiger partial charge in [0.15, 0.2) is 0 Å². The van der Waals surface area contributed by atoms with Crippen molar-refractivity contribution in [2.24, 2.45) is 11.3 Å². The molecule has 2 aliphatic rings. The first kappa shape index (κ1) is 21.0. The summed E-state index contributed by atoms with van der Waals surface area (Å²) in [5.74, 6) is -0.0510. The van der Waals surface area contributed by atoms with E-state index in [0.29, 0.717) is 21.9 Å². The van der Waals surface area contributed by atoms with Crippen LogP contribution in [0.4, 0.5) is 17.6 Å². The second kappa shape index (κ2) is 7.36. The highest BCUT2D eigenvalue weighted by atomic mass is 19.4. The number of hydrogen-bond donors (Lipinski definition) is 1. The van der Waals surface area contributed by atoms with Gasteiger partial charge in [0.25, 0.3) is 5.91 Å². The predicted molar refractivity (Wildman–Crippen MR) is 114 cm³/mol. The van der Waals surface area contributed by atoms with Gasteiger partial charge in [0.1, 0.15) is 5.82 Å². The van der Waals surface area contributed by atoms with Gasteiger partial charge in [0, 0.05) is 24.2 Å². The lowest BCUT2D eigenvalue weighted by Crippen LogP contribution is -2.55. The van der Waals surface area contributed by atoms with E-state index < -0.39 is 17.6 Å². The maximum atomic E-state index is 14.2. The van der Waals surface area contributed by atoms with Crippen molar-refractivity contribution < 1.29 is 22.4 Å². The monoisotopic (exact) mass is 444 g/mol. The molecule has 1 aromatic heterocycles. The van der Waals surface area contributed by atoms with Crippen molar-refractivity contribution in [3.8, 4) is 0 Å². The van der Waals surface area contributed by atoms with Gasteiger partial charge in [-0.05, 0) is 72.9 Å². The lowest BCUT2D eigenvalue weighted by molar-refractivity contribution is -0.137. The van der Waals surface area contributed by atoms with Crippen LogP contribution >= 0.6 is 0 Å². The fourth-order valence-corrected chi connectivity index (χ4v) is 5.72. The molecule has 2 saturated carbocycles. The van der Waals surface area contributed by atoms with E-state index in [-0.39, 0.29) is 24.1 Å². The van der Waals surface area contributed by atoms with Gasteiger partial charge in [0.05, 0.1) is 16.6 Å². The third-order valence-electron chi connectivity index (χ3n) is 6.96. The summed E-state index contributed by atoms with van der Waals surface area (Å²) in [6.07, 6.45) is 1.69. The average molecular weight is 444 g/mol. The van der Waals surface area contributed by atoms with E-state index in [0.717, 1.165) is 30.9 Å². The van der Waals surface area contributed by atoms with Crippen LogP contribution in [0.1, 0.15) is 54.1 Å². The maximum Gasteiger partial charge on any atom is 0.416 e. The molecule has 1 N–H and O–H groups in total. The van der Waals surface area contributed by atoms with Crippen LogP contribution < -0.4 is 5.32 Å². The van der Waals surface area contributed by atoms with Gasteiger partial charge in [-0.25, -0.2) is 4.39 Å². The number of fused-ring (bicyclic) bond motifs is 1. The van der Waals surface area contributed by atoms with Gasteiger partial charge in [-0.15, -0.1) is 0 Å². The van der Waals surface area contributed by atoms with Crippen molar-refractivity contribution in [3.05, 3.63) is 71.2 Å². The highest BCUT2D eigenvalue weighted by Crippen LogP contribution is 2.58. The van der Waals surface area contributed by atoms with E-state index in [1.54, 1.807) is 16.8 Å². The van der Waals surface area contributed by atoms with Gasteiger partial charge in [-0.2, -0.15) is 13.2 Å². The Bertz CT molecular complexity index is 1170. The Morgan fingerprint density at radius 1 is 1.09 bits per heavy atom. The number of rotatable bonds is 4. The minimum atomic E-state index is -4.39. The third-order valence-corrected chi connectivity index (χ3v) is 6.96. The lowest BCUT2D eigenvalue weighted by Gasteiger charge is -2.57. The number of nitrogens with one attached hydrogen (secondary N) is 1. The minimum Gasteiger partial charge on any atom is -0.349 e. The van der Waals surface area contributed by atoms with E-state index in [4.69, 9.17) is 0 Å². The van der Waals surface area contributed by atoms with E-state index in [9.17, 15) is 22.4 Å². The number of amides is 1. The molecule has 3 aromatic rings. The molecule has 32 heavy (non-hydrogen) atoms. The van der Waals surface area contributed by atoms with Crippen molar-refractivity contribution in [3.63, 3.8) is 0 Å². The second-order valence-electron chi connectivity index (χ2n) is 9.62. The molecule has 0 atom stereocenters. The Morgan fingerprint density at radius 3 is 2.41 bits per heavy atom. The predicted octanol–water partition coefficient (Wildman–Crippen LogP) is 6.16. The molecule has 2 aromatic carbocycles. The minimum absolute atomic E-state index is 0.103. The summed E-state index contributed by atoms with van der Waals surface area (Å²) in [5, 5.41) is 3.63. The largest absolute Gasteiger partial charge is 0.416 e. The summed E-state index contributed by atoms with van der Waals surface area (Å²) >= 11 is 0. The molecule has 2 aliphatic carbocycles. The smallest absolute Gasteiger partial charge is 0.349 e. The van der Waals surface area contributed by atoms with Crippen LogP contribution in [-0.2, 0) is 12.7 Å². The number of nitrogens with zero attached hydrogens (tertiary/aromatic N) is 1. The fourth-order valence-electron chi connectivity index (χ4n) is 5.72. The highest BCUT2D eigenvalue weighted by Gasteiger charge is 2.51. The fraction of sp³-hybridized carbons (Fsp3) is 0.400. The van der Waals surface area contributed by atoms with Crippen LogP contribution in [0.25, 0.3) is 10.9 Å². The molecule has 3 nitrogen and oxygen atoms in total. The first-order chi connectivity index (χ1) is 15.1. The first-order valence-electron chi connectivity index (χ1n) is 10.9. The Morgan fingerprint density at radius 2 is 1.78 bits per heavy atom. The quantitative estimate of drug-likeness (QED) is 0.481. The molecular weight excluding hydrogens is 420 g/mol. The number of alkyl halides is 3. The summed E-state index contributed by atoms with van der Waals surface area (Å²) in [4.78, 5) is 13.0. The van der Waals surface area contributed by atoms with Crippen molar-refractivity contribution >= 4 is 16.8 Å². The van der Waals surface area contributed by atoms with E-state index in [2.05, 4.69) is 12.2 Å². The average Bonchev–Trinajstić information content (AvgIpc) is 3.06. The van der Waals surface area contributed by atoms with Crippen LogP contribution in [0, 0.1) is 17.2 Å². The number of carbonyl (C=O) groups is 1. The molecule has 7 heteroatoms. The molecule has 0 radical (unpaired) electrons. The molecule has 1 spiro atoms. The zero-order valence-electron chi connectivity index (χ0n) is 17.7. The number of halogens is 4. The molecule has 5 rings (SSSR count). The van der Waals surface area contributed by atoms with Gasteiger partial charge in [-0.1, -0.05) is 19.1 Å². The Hall–Kier alpha value is -2.83. The van der Waals surface area contributed by atoms with Crippen LogP contribution in [0.15, 0.2) is 48.7 Å². The zero-order chi connectivity index (χ0) is 22.7. The molecule has 0 unspecified atom stereocenters. The van der Waals surface area contributed by atoms with Gasteiger partial charge >= 0.3 is 6.18 Å². The Kier molecular flexibility index (Phi) is 4.84.